The molecule has 18 heavy (non-hydrogen) atoms. The van der Waals surface area contributed by atoms with Crippen LogP contribution in [0.4, 0.5) is 0 Å². The Morgan fingerprint density at radius 1 is 1.28 bits per heavy atom. The van der Waals surface area contributed by atoms with Crippen LogP contribution in [0.25, 0.3) is 10.1 Å². The van der Waals surface area contributed by atoms with Gasteiger partial charge in [0.1, 0.15) is 0 Å². The molecule has 4 heteroatoms. The van der Waals surface area contributed by atoms with Crippen molar-refractivity contribution in [2.24, 2.45) is 5.73 Å². The Kier molecular flexibility index (Phi) is 3.28. The zero-order valence-electron chi connectivity index (χ0n) is 9.81. The van der Waals surface area contributed by atoms with Crippen LogP contribution in [0.5, 0.6) is 0 Å². The van der Waals surface area contributed by atoms with Crippen molar-refractivity contribution in [3.05, 3.63) is 55.5 Å². The normalized spacial score (nSPS) is 13.1. The van der Waals surface area contributed by atoms with Crippen LogP contribution in [0, 0.1) is 6.92 Å². The van der Waals surface area contributed by atoms with Crippen molar-refractivity contribution in [2.45, 2.75) is 13.0 Å². The minimum atomic E-state index is -0.0470. The van der Waals surface area contributed by atoms with E-state index in [9.17, 15) is 0 Å². The first-order chi connectivity index (χ1) is 8.66. The molecule has 0 aliphatic heterocycles. The number of rotatable bonds is 2. The Balaban J connectivity index is 2.12. The molecule has 0 spiro atoms. The molecule has 0 saturated carbocycles. The predicted molar refractivity (Wildman–Crippen MR) is 84.6 cm³/mol. The summed E-state index contributed by atoms with van der Waals surface area (Å²) < 4.78 is 2.42. The molecular weight excluding hydrogens is 326 g/mol. The number of halogens is 1. The van der Waals surface area contributed by atoms with Gasteiger partial charge in [-0.3, -0.25) is 0 Å². The number of benzene rings is 1. The third-order valence-corrected chi connectivity index (χ3v) is 6.00. The van der Waals surface area contributed by atoms with E-state index >= 15 is 0 Å². The molecule has 1 atom stereocenters. The number of hydrogen-bond donors (Lipinski definition) is 1. The summed E-state index contributed by atoms with van der Waals surface area (Å²) >= 11 is 7.12. The van der Waals surface area contributed by atoms with Gasteiger partial charge in [-0.05, 0) is 51.3 Å². The van der Waals surface area contributed by atoms with E-state index in [2.05, 4.69) is 58.6 Å². The number of nitrogens with two attached hydrogens (primary N) is 1. The Morgan fingerprint density at radius 2 is 2.06 bits per heavy atom. The lowest BCUT2D eigenvalue weighted by molar-refractivity contribution is 0.903. The highest BCUT2D eigenvalue weighted by molar-refractivity contribution is 9.10. The number of fused-ring (bicyclic) bond motifs is 1. The molecule has 0 amide bonds. The summed E-state index contributed by atoms with van der Waals surface area (Å²) in [5, 5.41) is 3.45. The van der Waals surface area contributed by atoms with E-state index in [1.54, 1.807) is 22.7 Å². The molecular formula is C14H12BrNS2. The quantitative estimate of drug-likeness (QED) is 0.693. The average molecular weight is 338 g/mol. The highest BCUT2D eigenvalue weighted by atomic mass is 79.9. The fourth-order valence-electron chi connectivity index (χ4n) is 2.09. The molecule has 0 bridgehead atoms. The molecule has 1 unspecified atom stereocenters. The van der Waals surface area contributed by atoms with E-state index in [4.69, 9.17) is 5.73 Å². The fraction of sp³-hybridized carbons (Fsp3) is 0.143. The maximum Gasteiger partial charge on any atom is 0.0671 e. The van der Waals surface area contributed by atoms with Crippen LogP contribution in [0.1, 0.15) is 21.4 Å². The number of aryl methyl sites for hydroxylation is 1. The lowest BCUT2D eigenvalue weighted by Crippen LogP contribution is -2.09. The maximum atomic E-state index is 6.43. The molecule has 2 N–H and O–H groups in total. The van der Waals surface area contributed by atoms with Crippen molar-refractivity contribution < 1.29 is 0 Å². The SMILES string of the molecule is Cc1cc(Br)c(C(N)c2csc3ccccc23)s1. The van der Waals surface area contributed by atoms with Crippen LogP contribution in [0.3, 0.4) is 0 Å². The molecule has 2 aromatic heterocycles. The summed E-state index contributed by atoms with van der Waals surface area (Å²) in [5.41, 5.74) is 7.65. The standard InChI is InChI=1S/C14H12BrNS2/c1-8-6-11(15)14(18-8)13(16)10-7-17-12-5-3-2-4-9(10)12/h2-7,13H,16H2,1H3. The molecule has 92 valence electrons. The second-order valence-corrected chi connectivity index (χ2v) is 7.29. The largest absolute Gasteiger partial charge is 0.320 e. The molecule has 0 aliphatic rings. The van der Waals surface area contributed by atoms with Gasteiger partial charge in [0.2, 0.25) is 0 Å². The van der Waals surface area contributed by atoms with Gasteiger partial charge in [0.05, 0.1) is 6.04 Å². The van der Waals surface area contributed by atoms with Gasteiger partial charge in [-0.1, -0.05) is 18.2 Å². The van der Waals surface area contributed by atoms with Crippen LogP contribution in [0.15, 0.2) is 40.2 Å². The van der Waals surface area contributed by atoms with Crippen molar-refractivity contribution >= 4 is 48.7 Å². The molecule has 0 fully saturated rings. The Hall–Kier alpha value is -0.680. The van der Waals surface area contributed by atoms with E-state index in [0.717, 1.165) is 4.47 Å². The van der Waals surface area contributed by atoms with Gasteiger partial charge in [0.25, 0.3) is 0 Å². The Morgan fingerprint density at radius 3 is 2.78 bits per heavy atom. The minimum absolute atomic E-state index is 0.0470. The molecule has 0 aliphatic carbocycles. The molecule has 3 aromatic rings. The van der Waals surface area contributed by atoms with Gasteiger partial charge >= 0.3 is 0 Å². The fourth-order valence-corrected chi connectivity index (χ4v) is 5.01. The third-order valence-electron chi connectivity index (χ3n) is 2.96. The van der Waals surface area contributed by atoms with E-state index in [1.807, 2.05) is 0 Å². The van der Waals surface area contributed by atoms with Crippen molar-refractivity contribution in [3.63, 3.8) is 0 Å². The van der Waals surface area contributed by atoms with Crippen LogP contribution in [-0.4, -0.2) is 0 Å². The van der Waals surface area contributed by atoms with Crippen LogP contribution >= 0.6 is 38.6 Å². The lowest BCUT2D eigenvalue weighted by Gasteiger charge is -2.09. The summed E-state index contributed by atoms with van der Waals surface area (Å²) in [6.07, 6.45) is 0. The molecule has 2 heterocycles. The molecule has 1 nitrogen and oxygen atoms in total. The highest BCUT2D eigenvalue weighted by Gasteiger charge is 2.18. The lowest BCUT2D eigenvalue weighted by atomic mass is 10.1. The van der Waals surface area contributed by atoms with E-state index in [0.29, 0.717) is 0 Å². The number of hydrogen-bond acceptors (Lipinski definition) is 3. The summed E-state index contributed by atoms with van der Waals surface area (Å²) in [6, 6.07) is 10.5. The highest BCUT2D eigenvalue weighted by Crippen LogP contribution is 2.38. The van der Waals surface area contributed by atoms with E-state index in [1.165, 1.54) is 25.4 Å². The first-order valence-electron chi connectivity index (χ1n) is 5.64. The Labute approximate surface area is 122 Å². The van der Waals surface area contributed by atoms with Gasteiger partial charge < -0.3 is 5.73 Å². The average Bonchev–Trinajstić information content (AvgIpc) is 2.92. The smallest absolute Gasteiger partial charge is 0.0671 e. The zero-order valence-corrected chi connectivity index (χ0v) is 13.0. The predicted octanol–water partition coefficient (Wildman–Crippen LogP) is 5.08. The molecule has 1 aromatic carbocycles. The Bertz CT molecular complexity index is 699. The number of thiophene rings is 2. The van der Waals surface area contributed by atoms with Crippen molar-refractivity contribution in [3.8, 4) is 0 Å². The monoisotopic (exact) mass is 337 g/mol. The summed E-state index contributed by atoms with van der Waals surface area (Å²) in [4.78, 5) is 2.49. The second kappa shape index (κ2) is 4.78. The van der Waals surface area contributed by atoms with Crippen molar-refractivity contribution in [2.75, 3.05) is 0 Å². The van der Waals surface area contributed by atoms with Crippen molar-refractivity contribution in [1.82, 2.24) is 0 Å². The van der Waals surface area contributed by atoms with Crippen LogP contribution in [-0.2, 0) is 0 Å². The second-order valence-electron chi connectivity index (χ2n) is 4.23. The maximum absolute atomic E-state index is 6.43. The molecule has 0 radical (unpaired) electrons. The van der Waals surface area contributed by atoms with Gasteiger partial charge in [-0.25, -0.2) is 0 Å². The van der Waals surface area contributed by atoms with E-state index < -0.39 is 0 Å². The first kappa shape index (κ1) is 12.4. The van der Waals surface area contributed by atoms with Crippen LogP contribution < -0.4 is 5.73 Å². The summed E-state index contributed by atoms with van der Waals surface area (Å²) in [6.45, 7) is 2.11. The van der Waals surface area contributed by atoms with Gasteiger partial charge in [0.15, 0.2) is 0 Å². The minimum Gasteiger partial charge on any atom is -0.320 e. The van der Waals surface area contributed by atoms with Crippen molar-refractivity contribution in [1.29, 1.82) is 0 Å². The first-order valence-corrected chi connectivity index (χ1v) is 8.13. The summed E-state index contributed by atoms with van der Waals surface area (Å²) in [5.74, 6) is 0. The summed E-state index contributed by atoms with van der Waals surface area (Å²) in [7, 11) is 0. The molecule has 0 saturated heterocycles. The van der Waals surface area contributed by atoms with Gasteiger partial charge in [-0.15, -0.1) is 22.7 Å². The van der Waals surface area contributed by atoms with E-state index in [-0.39, 0.29) is 6.04 Å². The third kappa shape index (κ3) is 2.03. The molecule has 3 rings (SSSR count). The van der Waals surface area contributed by atoms with Gasteiger partial charge in [0, 0.05) is 18.9 Å². The zero-order chi connectivity index (χ0) is 12.7. The van der Waals surface area contributed by atoms with Gasteiger partial charge in [-0.2, -0.15) is 0 Å². The van der Waals surface area contributed by atoms with Crippen LogP contribution in [0.2, 0.25) is 0 Å². The topological polar surface area (TPSA) is 26.0 Å².